The van der Waals surface area contributed by atoms with Crippen molar-refractivity contribution < 1.29 is 4.79 Å². The predicted octanol–water partition coefficient (Wildman–Crippen LogP) is 3.11. The minimum Gasteiger partial charge on any atom is -0.335 e. The van der Waals surface area contributed by atoms with E-state index >= 15 is 0 Å². The van der Waals surface area contributed by atoms with Gasteiger partial charge in [-0.25, -0.2) is 4.79 Å². The second kappa shape index (κ2) is 8.26. The summed E-state index contributed by atoms with van der Waals surface area (Å²) in [6.45, 7) is 5.32. The van der Waals surface area contributed by atoms with Crippen LogP contribution in [0.4, 0.5) is 4.79 Å². The molecule has 4 nitrogen and oxygen atoms in total. The highest BCUT2D eigenvalue weighted by Crippen LogP contribution is 2.22. The third-order valence-corrected chi connectivity index (χ3v) is 6.49. The summed E-state index contributed by atoms with van der Waals surface area (Å²) in [5, 5.41) is 3.24. The van der Waals surface area contributed by atoms with Crippen molar-refractivity contribution >= 4 is 17.8 Å². The summed E-state index contributed by atoms with van der Waals surface area (Å²) in [4.78, 5) is 16.8. The third kappa shape index (κ3) is 4.45. The van der Waals surface area contributed by atoms with Gasteiger partial charge < -0.3 is 10.2 Å². The number of hydrogen-bond donors (Lipinski definition) is 1. The van der Waals surface area contributed by atoms with Gasteiger partial charge in [-0.05, 0) is 43.1 Å². The van der Waals surface area contributed by atoms with Crippen molar-refractivity contribution in [3.63, 3.8) is 0 Å². The van der Waals surface area contributed by atoms with Crippen LogP contribution in [0.25, 0.3) is 0 Å². The third-order valence-electron chi connectivity index (χ3n) is 5.34. The van der Waals surface area contributed by atoms with E-state index in [2.05, 4.69) is 41.4 Å². The monoisotopic (exact) mass is 347 g/mol. The summed E-state index contributed by atoms with van der Waals surface area (Å²) in [6.07, 6.45) is 3.22. The fraction of sp³-hybridized carbons (Fsp3) is 0.632. The Morgan fingerprint density at radius 2 is 2.04 bits per heavy atom. The Morgan fingerprint density at radius 1 is 1.29 bits per heavy atom. The average molecular weight is 348 g/mol. The molecule has 2 saturated heterocycles. The van der Waals surface area contributed by atoms with Crippen LogP contribution in [0.15, 0.2) is 24.3 Å². The molecule has 0 saturated carbocycles. The molecule has 1 aromatic rings. The molecule has 1 N–H and O–H groups in total. The van der Waals surface area contributed by atoms with Crippen molar-refractivity contribution in [2.24, 2.45) is 0 Å². The van der Waals surface area contributed by atoms with Crippen LogP contribution in [-0.2, 0) is 6.54 Å². The standard InChI is InChI=1S/C19H29N3OS/c1-15-5-3-4-6-16(15)13-22-10-7-17(8-11-22)20-19(23)21(2)18-9-12-24-14-18/h3-6,17-18H,7-14H2,1-2H3,(H,20,23)/t18-/m0/s1. The quantitative estimate of drug-likeness (QED) is 0.909. The smallest absolute Gasteiger partial charge is 0.317 e. The highest BCUT2D eigenvalue weighted by Gasteiger charge is 2.27. The first-order valence-corrected chi connectivity index (χ1v) is 10.2. The van der Waals surface area contributed by atoms with Gasteiger partial charge in [-0.15, -0.1) is 0 Å². The SMILES string of the molecule is Cc1ccccc1CN1CCC(NC(=O)N(C)[C@H]2CCSC2)CC1. The lowest BCUT2D eigenvalue weighted by Crippen LogP contribution is -2.50. The van der Waals surface area contributed by atoms with E-state index in [4.69, 9.17) is 0 Å². The first-order chi connectivity index (χ1) is 11.6. The molecule has 24 heavy (non-hydrogen) atoms. The number of hydrogen-bond acceptors (Lipinski definition) is 3. The highest BCUT2D eigenvalue weighted by molar-refractivity contribution is 7.99. The van der Waals surface area contributed by atoms with E-state index in [0.29, 0.717) is 12.1 Å². The van der Waals surface area contributed by atoms with Gasteiger partial charge in [-0.2, -0.15) is 11.8 Å². The van der Waals surface area contributed by atoms with Crippen molar-refractivity contribution in [3.05, 3.63) is 35.4 Å². The Labute approximate surface area is 150 Å². The summed E-state index contributed by atoms with van der Waals surface area (Å²) in [5.74, 6) is 2.26. The number of carbonyl (C=O) groups is 1. The number of urea groups is 1. The summed E-state index contributed by atoms with van der Waals surface area (Å²) in [7, 11) is 1.94. The maximum atomic E-state index is 12.4. The number of amides is 2. The molecule has 2 aliphatic rings. The molecular weight excluding hydrogens is 318 g/mol. The van der Waals surface area contributed by atoms with Crippen molar-refractivity contribution in [2.75, 3.05) is 31.6 Å². The molecule has 2 amide bonds. The second-order valence-corrected chi connectivity index (χ2v) is 8.20. The van der Waals surface area contributed by atoms with E-state index in [1.54, 1.807) is 0 Å². The first-order valence-electron chi connectivity index (χ1n) is 9.01. The molecule has 3 rings (SSSR count). The van der Waals surface area contributed by atoms with Gasteiger partial charge in [0.05, 0.1) is 0 Å². The van der Waals surface area contributed by atoms with Gasteiger partial charge in [-0.1, -0.05) is 24.3 Å². The van der Waals surface area contributed by atoms with Crippen LogP contribution in [0.1, 0.15) is 30.4 Å². The van der Waals surface area contributed by atoms with Crippen molar-refractivity contribution in [3.8, 4) is 0 Å². The Morgan fingerprint density at radius 3 is 2.71 bits per heavy atom. The number of thioether (sulfide) groups is 1. The van der Waals surface area contributed by atoms with Gasteiger partial charge in [0.15, 0.2) is 0 Å². The lowest BCUT2D eigenvalue weighted by molar-refractivity contribution is 0.167. The predicted molar refractivity (Wildman–Crippen MR) is 102 cm³/mol. The van der Waals surface area contributed by atoms with Crippen LogP contribution in [0.2, 0.25) is 0 Å². The maximum Gasteiger partial charge on any atom is 0.317 e. The molecule has 0 aromatic heterocycles. The molecule has 2 fully saturated rings. The van der Waals surface area contributed by atoms with Crippen LogP contribution in [0.5, 0.6) is 0 Å². The summed E-state index contributed by atoms with van der Waals surface area (Å²) in [5.41, 5.74) is 2.78. The number of likely N-dealkylation sites (tertiary alicyclic amines) is 1. The zero-order valence-corrected chi connectivity index (χ0v) is 15.6. The number of aryl methyl sites for hydroxylation is 1. The molecule has 2 aliphatic heterocycles. The topological polar surface area (TPSA) is 35.6 Å². The van der Waals surface area contributed by atoms with Crippen LogP contribution < -0.4 is 5.32 Å². The van der Waals surface area contributed by atoms with Crippen molar-refractivity contribution in [1.82, 2.24) is 15.1 Å². The molecule has 0 bridgehead atoms. The molecule has 0 spiro atoms. The second-order valence-electron chi connectivity index (χ2n) is 7.05. The van der Waals surface area contributed by atoms with Crippen LogP contribution in [0.3, 0.4) is 0 Å². The van der Waals surface area contributed by atoms with E-state index in [0.717, 1.165) is 44.6 Å². The van der Waals surface area contributed by atoms with Crippen LogP contribution >= 0.6 is 11.8 Å². The highest BCUT2D eigenvalue weighted by atomic mass is 32.2. The van der Waals surface area contributed by atoms with E-state index < -0.39 is 0 Å². The fourth-order valence-electron chi connectivity index (χ4n) is 3.53. The zero-order chi connectivity index (χ0) is 16.9. The number of rotatable bonds is 4. The number of piperidine rings is 1. The lowest BCUT2D eigenvalue weighted by Gasteiger charge is -2.34. The molecule has 2 heterocycles. The molecule has 5 heteroatoms. The molecule has 132 valence electrons. The fourth-order valence-corrected chi connectivity index (χ4v) is 4.80. The molecular formula is C19H29N3OS. The van der Waals surface area contributed by atoms with Gasteiger partial charge in [0.2, 0.25) is 0 Å². The van der Waals surface area contributed by atoms with Gasteiger partial charge in [-0.3, -0.25) is 4.90 Å². The molecule has 0 unspecified atom stereocenters. The Balaban J connectivity index is 1.43. The lowest BCUT2D eigenvalue weighted by atomic mass is 10.0. The number of nitrogens with zero attached hydrogens (tertiary/aromatic N) is 2. The van der Waals surface area contributed by atoms with Crippen LogP contribution in [0, 0.1) is 6.92 Å². The van der Waals surface area contributed by atoms with Gasteiger partial charge in [0.25, 0.3) is 0 Å². The summed E-state index contributed by atoms with van der Waals surface area (Å²) >= 11 is 1.95. The Kier molecular flexibility index (Phi) is 6.06. The largest absolute Gasteiger partial charge is 0.335 e. The number of carbonyl (C=O) groups excluding carboxylic acids is 1. The molecule has 1 aromatic carbocycles. The molecule has 1 atom stereocenters. The number of nitrogens with one attached hydrogen (secondary N) is 1. The maximum absolute atomic E-state index is 12.4. The molecule has 0 aliphatic carbocycles. The van der Waals surface area contributed by atoms with Crippen molar-refractivity contribution in [2.45, 2.75) is 44.8 Å². The van der Waals surface area contributed by atoms with Gasteiger partial charge in [0.1, 0.15) is 0 Å². The first kappa shape index (κ1) is 17.6. The van der Waals surface area contributed by atoms with E-state index in [1.165, 1.54) is 16.9 Å². The van der Waals surface area contributed by atoms with Gasteiger partial charge in [0, 0.05) is 44.5 Å². The minimum atomic E-state index is 0.111. The van der Waals surface area contributed by atoms with E-state index in [9.17, 15) is 4.79 Å². The summed E-state index contributed by atoms with van der Waals surface area (Å²) < 4.78 is 0. The number of benzene rings is 1. The van der Waals surface area contributed by atoms with E-state index in [1.807, 2.05) is 23.7 Å². The van der Waals surface area contributed by atoms with Crippen molar-refractivity contribution in [1.29, 1.82) is 0 Å². The normalized spacial score (nSPS) is 22.5. The minimum absolute atomic E-state index is 0.111. The Hall–Kier alpha value is -1.20. The zero-order valence-electron chi connectivity index (χ0n) is 14.8. The van der Waals surface area contributed by atoms with Crippen LogP contribution in [-0.4, -0.2) is 59.6 Å². The van der Waals surface area contributed by atoms with E-state index in [-0.39, 0.29) is 6.03 Å². The Bertz CT molecular complexity index is 551. The summed E-state index contributed by atoms with van der Waals surface area (Å²) in [6, 6.07) is 9.46. The molecule has 0 radical (unpaired) electrons. The van der Waals surface area contributed by atoms with Gasteiger partial charge >= 0.3 is 6.03 Å². The average Bonchev–Trinajstić information content (AvgIpc) is 3.12.